The zero-order chi connectivity index (χ0) is 12.7. The van der Waals surface area contributed by atoms with Gasteiger partial charge in [0.05, 0.1) is 0 Å². The maximum absolute atomic E-state index is 11.5. The molecule has 0 aromatic heterocycles. The number of carbonyl (C=O) groups excluding carboxylic acids is 1. The fourth-order valence-corrected chi connectivity index (χ4v) is 3.83. The molecule has 2 heteroatoms. The van der Waals surface area contributed by atoms with Gasteiger partial charge in [0.2, 0.25) is 0 Å². The summed E-state index contributed by atoms with van der Waals surface area (Å²) in [4.78, 5) is 11.5. The molecule has 0 amide bonds. The topological polar surface area (TPSA) is 17.1 Å². The molecule has 92 valence electrons. The van der Waals surface area contributed by atoms with E-state index in [1.807, 2.05) is 18.7 Å². The highest BCUT2D eigenvalue weighted by atomic mass is 32.2. The van der Waals surface area contributed by atoms with Gasteiger partial charge in [0.25, 0.3) is 0 Å². The normalized spacial score (nSPS) is 22.9. The molecular formula is C15H20OS. The summed E-state index contributed by atoms with van der Waals surface area (Å²) in [6.07, 6.45) is 0. The Labute approximate surface area is 108 Å². The second-order valence-electron chi connectivity index (χ2n) is 5.35. The molecule has 0 spiro atoms. The number of Topliss-reactive ketones (excluding diaryl/α,β-unsaturated/α-hetero) is 1. The van der Waals surface area contributed by atoms with Crippen LogP contribution in [0.15, 0.2) is 12.1 Å². The monoisotopic (exact) mass is 248 g/mol. The Morgan fingerprint density at radius 2 is 1.88 bits per heavy atom. The van der Waals surface area contributed by atoms with Crippen molar-refractivity contribution in [3.63, 3.8) is 0 Å². The third-order valence-electron chi connectivity index (χ3n) is 3.48. The van der Waals surface area contributed by atoms with Crippen molar-refractivity contribution in [1.29, 1.82) is 0 Å². The van der Waals surface area contributed by atoms with Gasteiger partial charge < -0.3 is 0 Å². The summed E-state index contributed by atoms with van der Waals surface area (Å²) < 4.78 is 0. The minimum atomic E-state index is 0.168. The van der Waals surface area contributed by atoms with Gasteiger partial charge in [0.15, 0.2) is 5.78 Å². The quantitative estimate of drug-likeness (QED) is 0.585. The Balaban J connectivity index is 2.32. The standard InChI is InChI=1S/C15H20OS/c1-8(2)14-15(17-14)13-7-9(3)12(11(5)16)6-10(13)4/h6-8,14-15H,1-5H3. The molecule has 0 aliphatic carbocycles. The van der Waals surface area contributed by atoms with Crippen molar-refractivity contribution >= 4 is 17.5 Å². The summed E-state index contributed by atoms with van der Waals surface area (Å²) in [6.45, 7) is 10.4. The molecule has 1 fully saturated rings. The minimum Gasteiger partial charge on any atom is -0.295 e. The van der Waals surface area contributed by atoms with E-state index in [-0.39, 0.29) is 5.78 Å². The fourth-order valence-electron chi connectivity index (χ4n) is 2.41. The Morgan fingerprint density at radius 3 is 2.35 bits per heavy atom. The van der Waals surface area contributed by atoms with Crippen molar-refractivity contribution in [2.45, 2.75) is 45.1 Å². The van der Waals surface area contributed by atoms with Crippen LogP contribution in [0.2, 0.25) is 0 Å². The molecule has 2 unspecified atom stereocenters. The third kappa shape index (κ3) is 2.42. The molecule has 0 N–H and O–H groups in total. The second-order valence-corrected chi connectivity index (χ2v) is 6.67. The van der Waals surface area contributed by atoms with Crippen LogP contribution in [0.3, 0.4) is 0 Å². The van der Waals surface area contributed by atoms with E-state index in [9.17, 15) is 4.79 Å². The molecule has 1 aromatic rings. The van der Waals surface area contributed by atoms with Crippen molar-refractivity contribution in [3.05, 3.63) is 34.4 Å². The van der Waals surface area contributed by atoms with Crippen LogP contribution in [-0.2, 0) is 0 Å². The van der Waals surface area contributed by atoms with Crippen LogP contribution in [0.25, 0.3) is 0 Å². The van der Waals surface area contributed by atoms with Gasteiger partial charge in [-0.2, -0.15) is 0 Å². The Bertz CT molecular complexity index is 462. The number of thioether (sulfide) groups is 1. The average molecular weight is 248 g/mol. The molecular weight excluding hydrogens is 228 g/mol. The van der Waals surface area contributed by atoms with Gasteiger partial charge in [-0.05, 0) is 49.4 Å². The first kappa shape index (κ1) is 12.7. The Kier molecular flexibility index (Phi) is 3.35. The lowest BCUT2D eigenvalue weighted by molar-refractivity contribution is 0.101. The van der Waals surface area contributed by atoms with E-state index < -0.39 is 0 Å². The number of aryl methyl sites for hydroxylation is 2. The largest absolute Gasteiger partial charge is 0.295 e. The van der Waals surface area contributed by atoms with E-state index in [4.69, 9.17) is 0 Å². The molecule has 1 aliphatic heterocycles. The molecule has 1 aromatic carbocycles. The molecule has 1 saturated heterocycles. The molecule has 1 aliphatic rings. The first-order chi connectivity index (χ1) is 7.91. The summed E-state index contributed by atoms with van der Waals surface area (Å²) in [5.74, 6) is 0.901. The number of benzene rings is 1. The first-order valence-corrected chi connectivity index (χ1v) is 7.13. The van der Waals surface area contributed by atoms with Crippen molar-refractivity contribution in [1.82, 2.24) is 0 Å². The van der Waals surface area contributed by atoms with Crippen molar-refractivity contribution in [2.75, 3.05) is 0 Å². The van der Waals surface area contributed by atoms with E-state index >= 15 is 0 Å². The summed E-state index contributed by atoms with van der Waals surface area (Å²) in [6, 6.07) is 4.27. The van der Waals surface area contributed by atoms with Crippen LogP contribution < -0.4 is 0 Å². The van der Waals surface area contributed by atoms with Crippen molar-refractivity contribution < 1.29 is 4.79 Å². The SMILES string of the molecule is CC(=O)c1cc(C)c(C2SC2C(C)C)cc1C. The number of hydrogen-bond acceptors (Lipinski definition) is 2. The first-order valence-electron chi connectivity index (χ1n) is 6.19. The molecule has 1 nitrogen and oxygen atoms in total. The van der Waals surface area contributed by atoms with Crippen LogP contribution in [-0.4, -0.2) is 11.0 Å². The van der Waals surface area contributed by atoms with Gasteiger partial charge in [-0.3, -0.25) is 4.79 Å². The van der Waals surface area contributed by atoms with Crippen LogP contribution >= 0.6 is 11.8 Å². The number of ketones is 1. The molecule has 0 radical (unpaired) electrons. The molecule has 0 bridgehead atoms. The highest BCUT2D eigenvalue weighted by Crippen LogP contribution is 2.59. The highest BCUT2D eigenvalue weighted by molar-refractivity contribution is 8.07. The average Bonchev–Trinajstić information content (AvgIpc) is 3.00. The molecule has 2 atom stereocenters. The van der Waals surface area contributed by atoms with Crippen LogP contribution in [0.4, 0.5) is 0 Å². The number of carbonyl (C=O) groups is 1. The van der Waals surface area contributed by atoms with E-state index in [1.165, 1.54) is 11.1 Å². The summed E-state index contributed by atoms with van der Waals surface area (Å²) in [5, 5.41) is 1.41. The van der Waals surface area contributed by atoms with Gasteiger partial charge >= 0.3 is 0 Å². The minimum absolute atomic E-state index is 0.168. The smallest absolute Gasteiger partial charge is 0.160 e. The summed E-state index contributed by atoms with van der Waals surface area (Å²) >= 11 is 2.05. The zero-order valence-corrected chi connectivity index (χ0v) is 12.0. The predicted molar refractivity (Wildman–Crippen MR) is 74.9 cm³/mol. The van der Waals surface area contributed by atoms with E-state index in [1.54, 1.807) is 6.92 Å². The zero-order valence-electron chi connectivity index (χ0n) is 11.2. The summed E-state index contributed by atoms with van der Waals surface area (Å²) in [5.41, 5.74) is 4.68. The number of hydrogen-bond donors (Lipinski definition) is 0. The Morgan fingerprint density at radius 1 is 1.24 bits per heavy atom. The highest BCUT2D eigenvalue weighted by Gasteiger charge is 2.42. The third-order valence-corrected chi connectivity index (χ3v) is 5.14. The van der Waals surface area contributed by atoms with Crippen molar-refractivity contribution in [2.24, 2.45) is 5.92 Å². The molecule has 1 heterocycles. The van der Waals surface area contributed by atoms with Crippen LogP contribution in [0.1, 0.15) is 53.1 Å². The van der Waals surface area contributed by atoms with Crippen molar-refractivity contribution in [3.8, 4) is 0 Å². The van der Waals surface area contributed by atoms with Gasteiger partial charge in [-0.25, -0.2) is 0 Å². The van der Waals surface area contributed by atoms with E-state index in [2.05, 4.69) is 32.9 Å². The lowest BCUT2D eigenvalue weighted by Crippen LogP contribution is -2.03. The molecule has 17 heavy (non-hydrogen) atoms. The maximum atomic E-state index is 11.5. The van der Waals surface area contributed by atoms with Gasteiger partial charge in [-0.15, -0.1) is 11.8 Å². The second kappa shape index (κ2) is 4.49. The van der Waals surface area contributed by atoms with E-state index in [0.29, 0.717) is 5.25 Å². The van der Waals surface area contributed by atoms with Gasteiger partial charge in [0.1, 0.15) is 0 Å². The fraction of sp³-hybridized carbons (Fsp3) is 0.533. The summed E-state index contributed by atoms with van der Waals surface area (Å²) in [7, 11) is 0. The lowest BCUT2D eigenvalue weighted by Gasteiger charge is -2.10. The van der Waals surface area contributed by atoms with Crippen LogP contribution in [0, 0.1) is 19.8 Å². The Hall–Kier alpha value is -0.760. The maximum Gasteiger partial charge on any atom is 0.160 e. The van der Waals surface area contributed by atoms with Gasteiger partial charge in [-0.1, -0.05) is 19.9 Å². The van der Waals surface area contributed by atoms with Gasteiger partial charge in [0, 0.05) is 16.1 Å². The lowest BCUT2D eigenvalue weighted by atomic mass is 9.93. The molecule has 0 saturated carbocycles. The van der Waals surface area contributed by atoms with Crippen LogP contribution in [0.5, 0.6) is 0 Å². The van der Waals surface area contributed by atoms with E-state index in [0.717, 1.165) is 22.3 Å². The number of rotatable bonds is 3. The molecule has 2 rings (SSSR count). The predicted octanol–water partition coefficient (Wildman–Crippen LogP) is 4.32.